The van der Waals surface area contributed by atoms with Crippen LogP contribution in [0.3, 0.4) is 0 Å². The molecule has 1 saturated heterocycles. The Morgan fingerprint density at radius 3 is 2.65 bits per heavy atom. The van der Waals surface area contributed by atoms with Gasteiger partial charge in [0.2, 0.25) is 0 Å². The summed E-state index contributed by atoms with van der Waals surface area (Å²) in [5, 5.41) is 4.10. The van der Waals surface area contributed by atoms with Gasteiger partial charge < -0.3 is 9.42 Å². The van der Waals surface area contributed by atoms with Crippen LogP contribution in [-0.4, -0.2) is 39.0 Å². The lowest BCUT2D eigenvalue weighted by molar-refractivity contribution is 0.0710. The van der Waals surface area contributed by atoms with Crippen molar-refractivity contribution in [1.29, 1.82) is 0 Å². The SMILES string of the molecule is O=C(c1cccc(F)c1)N1CCC(c2noc(-c3ccncc3)n2)CC1. The maximum absolute atomic E-state index is 13.3. The second-order valence-corrected chi connectivity index (χ2v) is 6.27. The van der Waals surface area contributed by atoms with Gasteiger partial charge in [-0.05, 0) is 43.2 Å². The fourth-order valence-electron chi connectivity index (χ4n) is 3.16. The molecule has 0 atom stereocenters. The zero-order chi connectivity index (χ0) is 17.9. The predicted octanol–water partition coefficient (Wildman–Crippen LogP) is 3.29. The second kappa shape index (κ2) is 7.03. The smallest absolute Gasteiger partial charge is 0.258 e. The number of pyridine rings is 1. The normalized spacial score (nSPS) is 15.2. The molecular formula is C19H17FN4O2. The summed E-state index contributed by atoms with van der Waals surface area (Å²) < 4.78 is 18.7. The third-order valence-electron chi connectivity index (χ3n) is 4.59. The molecule has 0 radical (unpaired) electrons. The first-order chi connectivity index (χ1) is 12.7. The Labute approximate surface area is 149 Å². The highest BCUT2D eigenvalue weighted by atomic mass is 19.1. The summed E-state index contributed by atoms with van der Waals surface area (Å²) >= 11 is 0. The van der Waals surface area contributed by atoms with Gasteiger partial charge in [-0.15, -0.1) is 0 Å². The molecule has 1 fully saturated rings. The fourth-order valence-corrected chi connectivity index (χ4v) is 3.16. The van der Waals surface area contributed by atoms with Gasteiger partial charge in [0.25, 0.3) is 11.8 Å². The topological polar surface area (TPSA) is 72.1 Å². The highest BCUT2D eigenvalue weighted by Crippen LogP contribution is 2.28. The molecule has 7 heteroatoms. The zero-order valence-electron chi connectivity index (χ0n) is 14.0. The van der Waals surface area contributed by atoms with E-state index >= 15 is 0 Å². The number of aromatic nitrogens is 3. The van der Waals surface area contributed by atoms with E-state index in [1.165, 1.54) is 12.1 Å². The summed E-state index contributed by atoms with van der Waals surface area (Å²) in [6, 6.07) is 9.43. The van der Waals surface area contributed by atoms with Gasteiger partial charge in [0, 0.05) is 42.5 Å². The molecule has 0 spiro atoms. The highest BCUT2D eigenvalue weighted by molar-refractivity contribution is 5.94. The van der Waals surface area contributed by atoms with Crippen molar-refractivity contribution in [2.24, 2.45) is 0 Å². The minimum atomic E-state index is -0.402. The van der Waals surface area contributed by atoms with Crippen molar-refractivity contribution in [3.05, 3.63) is 66.0 Å². The lowest BCUT2D eigenvalue weighted by atomic mass is 9.95. The fraction of sp³-hybridized carbons (Fsp3) is 0.263. The number of amides is 1. The number of piperidine rings is 1. The molecule has 1 aliphatic rings. The van der Waals surface area contributed by atoms with Gasteiger partial charge >= 0.3 is 0 Å². The minimum Gasteiger partial charge on any atom is -0.339 e. The van der Waals surface area contributed by atoms with Crippen LogP contribution in [0.5, 0.6) is 0 Å². The maximum Gasteiger partial charge on any atom is 0.258 e. The Morgan fingerprint density at radius 2 is 1.92 bits per heavy atom. The minimum absolute atomic E-state index is 0.144. The van der Waals surface area contributed by atoms with Gasteiger partial charge in [0.15, 0.2) is 5.82 Å². The van der Waals surface area contributed by atoms with Gasteiger partial charge in [0.05, 0.1) is 0 Å². The van der Waals surface area contributed by atoms with E-state index in [-0.39, 0.29) is 11.8 Å². The van der Waals surface area contributed by atoms with Crippen molar-refractivity contribution >= 4 is 5.91 Å². The predicted molar refractivity (Wildman–Crippen MR) is 91.8 cm³/mol. The summed E-state index contributed by atoms with van der Waals surface area (Å²) in [6.45, 7) is 1.16. The molecule has 6 nitrogen and oxygen atoms in total. The number of hydrogen-bond acceptors (Lipinski definition) is 5. The summed E-state index contributed by atoms with van der Waals surface area (Å²) in [4.78, 5) is 22.7. The first-order valence-electron chi connectivity index (χ1n) is 8.49. The molecule has 4 rings (SSSR count). The molecule has 1 aromatic carbocycles. The molecule has 26 heavy (non-hydrogen) atoms. The molecule has 0 N–H and O–H groups in total. The quantitative estimate of drug-likeness (QED) is 0.723. The number of benzene rings is 1. The van der Waals surface area contributed by atoms with Crippen LogP contribution in [0.25, 0.3) is 11.5 Å². The Morgan fingerprint density at radius 1 is 1.15 bits per heavy atom. The Bertz CT molecular complexity index is 905. The Hall–Kier alpha value is -3.09. The number of carbonyl (C=O) groups excluding carboxylic acids is 1. The number of nitrogens with zero attached hydrogens (tertiary/aromatic N) is 4. The van der Waals surface area contributed by atoms with E-state index in [1.807, 2.05) is 12.1 Å². The Balaban J connectivity index is 1.41. The van der Waals surface area contributed by atoms with Crippen molar-refractivity contribution in [2.75, 3.05) is 13.1 Å². The largest absolute Gasteiger partial charge is 0.339 e. The molecule has 132 valence electrons. The van der Waals surface area contributed by atoms with Crippen LogP contribution in [0.2, 0.25) is 0 Å². The number of carbonyl (C=O) groups is 1. The lowest BCUT2D eigenvalue weighted by Gasteiger charge is -2.30. The number of halogens is 1. The molecule has 3 heterocycles. The second-order valence-electron chi connectivity index (χ2n) is 6.27. The van der Waals surface area contributed by atoms with Crippen LogP contribution in [0, 0.1) is 5.82 Å². The van der Waals surface area contributed by atoms with Gasteiger partial charge in [0.1, 0.15) is 5.82 Å². The molecule has 3 aromatic rings. The average molecular weight is 352 g/mol. The van der Waals surface area contributed by atoms with Crippen LogP contribution in [0.15, 0.2) is 53.3 Å². The zero-order valence-corrected chi connectivity index (χ0v) is 14.0. The maximum atomic E-state index is 13.3. The van der Waals surface area contributed by atoms with Gasteiger partial charge in [-0.1, -0.05) is 11.2 Å². The van der Waals surface area contributed by atoms with E-state index in [0.717, 1.165) is 18.4 Å². The standard InChI is InChI=1S/C19H17FN4O2/c20-16-3-1-2-15(12-16)19(25)24-10-6-13(7-11-24)17-22-18(26-23-17)14-4-8-21-9-5-14/h1-5,8-9,12-13H,6-7,10-11H2. The molecule has 1 aliphatic heterocycles. The number of hydrogen-bond donors (Lipinski definition) is 0. The van der Waals surface area contributed by atoms with Crippen LogP contribution >= 0.6 is 0 Å². The third-order valence-corrected chi connectivity index (χ3v) is 4.59. The molecule has 0 unspecified atom stereocenters. The molecule has 1 amide bonds. The van der Waals surface area contributed by atoms with E-state index in [0.29, 0.717) is 30.4 Å². The van der Waals surface area contributed by atoms with Crippen LogP contribution in [0.1, 0.15) is 34.9 Å². The summed E-state index contributed by atoms with van der Waals surface area (Å²) in [7, 11) is 0. The van der Waals surface area contributed by atoms with Crippen molar-refractivity contribution < 1.29 is 13.7 Å². The van der Waals surface area contributed by atoms with Crippen molar-refractivity contribution in [3.8, 4) is 11.5 Å². The summed E-state index contributed by atoms with van der Waals surface area (Å²) in [6.07, 6.45) is 4.85. The van der Waals surface area contributed by atoms with Crippen LogP contribution in [-0.2, 0) is 0 Å². The van der Waals surface area contributed by atoms with E-state index in [1.54, 1.807) is 29.4 Å². The van der Waals surface area contributed by atoms with E-state index in [9.17, 15) is 9.18 Å². The third kappa shape index (κ3) is 3.33. The van der Waals surface area contributed by atoms with Crippen molar-refractivity contribution in [3.63, 3.8) is 0 Å². The summed E-state index contributed by atoms with van der Waals surface area (Å²) in [5.41, 5.74) is 1.21. The van der Waals surface area contributed by atoms with E-state index in [4.69, 9.17) is 4.52 Å². The molecule has 0 saturated carbocycles. The van der Waals surface area contributed by atoms with Crippen molar-refractivity contribution in [1.82, 2.24) is 20.0 Å². The number of rotatable bonds is 3. The first-order valence-corrected chi connectivity index (χ1v) is 8.49. The average Bonchev–Trinajstić information content (AvgIpc) is 3.18. The Kier molecular flexibility index (Phi) is 4.43. The van der Waals surface area contributed by atoms with Crippen molar-refractivity contribution in [2.45, 2.75) is 18.8 Å². The van der Waals surface area contributed by atoms with Crippen LogP contribution < -0.4 is 0 Å². The van der Waals surface area contributed by atoms with E-state index < -0.39 is 5.82 Å². The lowest BCUT2D eigenvalue weighted by Crippen LogP contribution is -2.38. The molecule has 0 aliphatic carbocycles. The highest BCUT2D eigenvalue weighted by Gasteiger charge is 2.27. The van der Waals surface area contributed by atoms with Crippen LogP contribution in [0.4, 0.5) is 4.39 Å². The van der Waals surface area contributed by atoms with E-state index in [2.05, 4.69) is 15.1 Å². The van der Waals surface area contributed by atoms with Gasteiger partial charge in [-0.3, -0.25) is 9.78 Å². The molecular weight excluding hydrogens is 335 g/mol. The summed E-state index contributed by atoms with van der Waals surface area (Å²) in [5.74, 6) is 0.732. The monoisotopic (exact) mass is 352 g/mol. The molecule has 0 bridgehead atoms. The van der Waals surface area contributed by atoms with Gasteiger partial charge in [-0.2, -0.15) is 4.98 Å². The first kappa shape index (κ1) is 16.4. The molecule has 2 aromatic heterocycles. The number of likely N-dealkylation sites (tertiary alicyclic amines) is 1. The van der Waals surface area contributed by atoms with Gasteiger partial charge in [-0.25, -0.2) is 4.39 Å².